The Morgan fingerprint density at radius 3 is 2.48 bits per heavy atom. The van der Waals surface area contributed by atoms with Crippen LogP contribution in [0.1, 0.15) is 31.2 Å². The number of amides is 2. The van der Waals surface area contributed by atoms with Gasteiger partial charge in [-0.15, -0.1) is 0 Å². The fourth-order valence-corrected chi connectivity index (χ4v) is 3.53. The number of nitrogens with zero attached hydrogens (tertiary/aromatic N) is 2. The number of carbonyl (C=O) groups excluding carboxylic acids is 2. The first-order valence-electron chi connectivity index (χ1n) is 8.25. The molecule has 0 saturated carbocycles. The molecule has 6 nitrogen and oxygen atoms in total. The maximum Gasteiger partial charge on any atom is 0.246 e. The summed E-state index contributed by atoms with van der Waals surface area (Å²) in [7, 11) is 0. The molecule has 3 heterocycles. The van der Waals surface area contributed by atoms with Crippen molar-refractivity contribution in [2.24, 2.45) is 11.7 Å². The number of hydrogen-bond donors (Lipinski definition) is 1. The predicted molar refractivity (Wildman–Crippen MR) is 84.3 cm³/mol. The number of piperidine rings is 1. The highest BCUT2D eigenvalue weighted by Gasteiger charge is 2.36. The molecule has 2 N–H and O–H groups in total. The van der Waals surface area contributed by atoms with Crippen LogP contribution in [0.3, 0.4) is 0 Å². The Balaban J connectivity index is 1.47. The molecule has 2 fully saturated rings. The monoisotopic (exact) mass is 317 g/mol. The third kappa shape index (κ3) is 3.88. The molecule has 0 spiro atoms. The van der Waals surface area contributed by atoms with E-state index in [-0.39, 0.29) is 17.9 Å². The summed E-state index contributed by atoms with van der Waals surface area (Å²) in [5.74, 6) is 0.221. The molecule has 0 aliphatic carbocycles. The summed E-state index contributed by atoms with van der Waals surface area (Å²) in [5.41, 5.74) is 6.30. The first kappa shape index (κ1) is 15.9. The van der Waals surface area contributed by atoms with Crippen molar-refractivity contribution in [3.05, 3.63) is 30.1 Å². The third-order valence-corrected chi connectivity index (χ3v) is 4.89. The molecule has 1 aromatic rings. The first-order chi connectivity index (χ1) is 11.1. The van der Waals surface area contributed by atoms with E-state index in [1.807, 2.05) is 17.0 Å². The highest BCUT2D eigenvalue weighted by molar-refractivity contribution is 5.79. The van der Waals surface area contributed by atoms with Gasteiger partial charge in [0.2, 0.25) is 11.8 Å². The average Bonchev–Trinajstić information content (AvgIpc) is 3.06. The smallest absolute Gasteiger partial charge is 0.246 e. The van der Waals surface area contributed by atoms with Gasteiger partial charge >= 0.3 is 0 Å². The van der Waals surface area contributed by atoms with Crippen molar-refractivity contribution >= 4 is 11.8 Å². The molecule has 2 atom stereocenters. The molecule has 2 amide bonds. The molecule has 6 heteroatoms. The lowest BCUT2D eigenvalue weighted by Gasteiger charge is -2.34. The average molecular weight is 317 g/mol. The van der Waals surface area contributed by atoms with E-state index in [2.05, 4.69) is 4.98 Å². The molecular formula is C17H23N3O3. The van der Waals surface area contributed by atoms with Gasteiger partial charge in [0.15, 0.2) is 0 Å². The Kier molecular flexibility index (Phi) is 4.91. The van der Waals surface area contributed by atoms with E-state index in [0.717, 1.165) is 44.3 Å². The van der Waals surface area contributed by atoms with Crippen LogP contribution in [0.2, 0.25) is 0 Å². The van der Waals surface area contributed by atoms with E-state index in [1.165, 1.54) is 0 Å². The zero-order valence-electron chi connectivity index (χ0n) is 13.2. The van der Waals surface area contributed by atoms with Gasteiger partial charge in [-0.25, -0.2) is 0 Å². The standard InChI is InChI=1S/C17H23N3O3/c18-17(22)15-2-1-14(23-15)13-5-9-20(10-6-13)16(21)11-12-3-7-19-8-4-12/h3-4,7-8,13-15H,1-2,5-6,9-11H2,(H2,18,22)/t14-,15+/m0/s1. The van der Waals surface area contributed by atoms with E-state index in [9.17, 15) is 9.59 Å². The summed E-state index contributed by atoms with van der Waals surface area (Å²) >= 11 is 0. The number of pyridine rings is 1. The van der Waals surface area contributed by atoms with Crippen LogP contribution in [0.4, 0.5) is 0 Å². The lowest BCUT2D eigenvalue weighted by molar-refractivity contribution is -0.133. The van der Waals surface area contributed by atoms with E-state index >= 15 is 0 Å². The first-order valence-corrected chi connectivity index (χ1v) is 8.25. The Hall–Kier alpha value is -1.95. The molecule has 2 aliphatic heterocycles. The largest absolute Gasteiger partial charge is 0.367 e. The number of primary amides is 1. The number of carbonyl (C=O) groups is 2. The maximum atomic E-state index is 12.3. The molecule has 3 rings (SSSR count). The normalized spacial score (nSPS) is 25.5. The van der Waals surface area contributed by atoms with Crippen molar-refractivity contribution in [2.45, 2.75) is 44.3 Å². The van der Waals surface area contributed by atoms with E-state index in [1.54, 1.807) is 12.4 Å². The minimum atomic E-state index is -0.425. The van der Waals surface area contributed by atoms with Crippen LogP contribution in [-0.2, 0) is 20.7 Å². The van der Waals surface area contributed by atoms with Crippen LogP contribution >= 0.6 is 0 Å². The second-order valence-electron chi connectivity index (χ2n) is 6.39. The van der Waals surface area contributed by atoms with E-state index < -0.39 is 6.10 Å². The summed E-state index contributed by atoms with van der Waals surface area (Å²) in [6.07, 6.45) is 7.01. The zero-order valence-corrected chi connectivity index (χ0v) is 13.2. The van der Waals surface area contributed by atoms with Gasteiger partial charge in [-0.05, 0) is 49.3 Å². The highest BCUT2D eigenvalue weighted by atomic mass is 16.5. The van der Waals surface area contributed by atoms with Crippen molar-refractivity contribution in [3.8, 4) is 0 Å². The van der Waals surface area contributed by atoms with Crippen LogP contribution in [0.25, 0.3) is 0 Å². The van der Waals surface area contributed by atoms with Crippen molar-refractivity contribution in [1.82, 2.24) is 9.88 Å². The SMILES string of the molecule is NC(=O)[C@H]1CC[C@@H](C2CCN(C(=O)Cc3ccncc3)CC2)O1. The Labute approximate surface area is 136 Å². The van der Waals surface area contributed by atoms with Crippen molar-refractivity contribution in [1.29, 1.82) is 0 Å². The van der Waals surface area contributed by atoms with Gasteiger partial charge in [0.25, 0.3) is 0 Å². The Morgan fingerprint density at radius 1 is 1.17 bits per heavy atom. The molecule has 1 aromatic heterocycles. The second kappa shape index (κ2) is 7.08. The van der Waals surface area contributed by atoms with Crippen LogP contribution in [0.15, 0.2) is 24.5 Å². The van der Waals surface area contributed by atoms with Crippen LogP contribution in [0.5, 0.6) is 0 Å². The van der Waals surface area contributed by atoms with Gasteiger partial charge in [0, 0.05) is 25.5 Å². The molecule has 0 bridgehead atoms. The number of ether oxygens (including phenoxy) is 1. The number of rotatable bonds is 4. The minimum absolute atomic E-state index is 0.116. The van der Waals surface area contributed by atoms with Gasteiger partial charge in [-0.2, -0.15) is 0 Å². The summed E-state index contributed by atoms with van der Waals surface area (Å²) in [5, 5.41) is 0. The summed E-state index contributed by atoms with van der Waals surface area (Å²) in [4.78, 5) is 29.4. The van der Waals surface area contributed by atoms with Crippen LogP contribution < -0.4 is 5.73 Å². The second-order valence-corrected chi connectivity index (χ2v) is 6.39. The van der Waals surface area contributed by atoms with Crippen molar-refractivity contribution in [2.75, 3.05) is 13.1 Å². The van der Waals surface area contributed by atoms with Crippen molar-refractivity contribution < 1.29 is 14.3 Å². The number of nitrogens with two attached hydrogens (primary N) is 1. The van der Waals surface area contributed by atoms with Gasteiger partial charge in [0.1, 0.15) is 6.10 Å². The topological polar surface area (TPSA) is 85.5 Å². The summed E-state index contributed by atoms with van der Waals surface area (Å²) in [6, 6.07) is 3.75. The number of aromatic nitrogens is 1. The van der Waals surface area contributed by atoms with Crippen LogP contribution in [-0.4, -0.2) is 47.0 Å². The zero-order chi connectivity index (χ0) is 16.2. The molecule has 0 aromatic carbocycles. The molecule has 0 radical (unpaired) electrons. The van der Waals surface area contributed by atoms with Crippen molar-refractivity contribution in [3.63, 3.8) is 0 Å². The fourth-order valence-electron chi connectivity index (χ4n) is 3.53. The van der Waals surface area contributed by atoms with E-state index in [4.69, 9.17) is 10.5 Å². The summed E-state index contributed by atoms with van der Waals surface area (Å²) < 4.78 is 5.77. The Morgan fingerprint density at radius 2 is 1.87 bits per heavy atom. The molecule has 2 saturated heterocycles. The lowest BCUT2D eigenvalue weighted by atomic mass is 9.89. The number of likely N-dealkylation sites (tertiary alicyclic amines) is 1. The van der Waals surface area contributed by atoms with Gasteiger partial charge in [0.05, 0.1) is 12.5 Å². The predicted octanol–water partition coefficient (Wildman–Crippen LogP) is 0.896. The molecule has 2 aliphatic rings. The lowest BCUT2D eigenvalue weighted by Crippen LogP contribution is -2.42. The number of hydrogen-bond acceptors (Lipinski definition) is 4. The molecule has 23 heavy (non-hydrogen) atoms. The minimum Gasteiger partial charge on any atom is -0.367 e. The van der Waals surface area contributed by atoms with Crippen LogP contribution in [0, 0.1) is 5.92 Å². The maximum absolute atomic E-state index is 12.3. The van der Waals surface area contributed by atoms with Gasteiger partial charge in [-0.3, -0.25) is 14.6 Å². The van der Waals surface area contributed by atoms with Gasteiger partial charge < -0.3 is 15.4 Å². The van der Waals surface area contributed by atoms with Gasteiger partial charge in [-0.1, -0.05) is 0 Å². The van der Waals surface area contributed by atoms with E-state index in [0.29, 0.717) is 12.3 Å². The fraction of sp³-hybridized carbons (Fsp3) is 0.588. The Bertz CT molecular complexity index is 555. The highest BCUT2D eigenvalue weighted by Crippen LogP contribution is 2.31. The molecule has 124 valence electrons. The third-order valence-electron chi connectivity index (χ3n) is 4.89. The summed E-state index contributed by atoms with van der Waals surface area (Å²) in [6.45, 7) is 1.52. The molecular weight excluding hydrogens is 294 g/mol. The quantitative estimate of drug-likeness (QED) is 0.894. The molecule has 0 unspecified atom stereocenters.